The van der Waals surface area contributed by atoms with Crippen LogP contribution >= 0.6 is 0 Å². The number of hydrogen-bond acceptors (Lipinski definition) is 5. The zero-order valence-corrected chi connectivity index (χ0v) is 25.3. The van der Waals surface area contributed by atoms with E-state index in [1.807, 2.05) is 32.6 Å². The topological polar surface area (TPSA) is 57.8 Å². The van der Waals surface area contributed by atoms with Gasteiger partial charge in [-0.15, -0.1) is 5.10 Å². The summed E-state index contributed by atoms with van der Waals surface area (Å²) in [7, 11) is 0. The largest absolute Gasteiger partial charge is 0.344 e. The van der Waals surface area contributed by atoms with Crippen molar-refractivity contribution in [2.24, 2.45) is 10.9 Å². The van der Waals surface area contributed by atoms with Crippen LogP contribution in [0.15, 0.2) is 47.4 Å². The maximum absolute atomic E-state index is 15.0. The van der Waals surface area contributed by atoms with Crippen molar-refractivity contribution >= 4 is 22.7 Å². The summed E-state index contributed by atoms with van der Waals surface area (Å²) >= 11 is 0. The number of halogens is 3. The summed E-state index contributed by atoms with van der Waals surface area (Å²) in [5.41, 5.74) is 3.69. The van der Waals surface area contributed by atoms with Crippen molar-refractivity contribution in [3.05, 3.63) is 53.8 Å². The zero-order valence-electron chi connectivity index (χ0n) is 25.3. The van der Waals surface area contributed by atoms with Gasteiger partial charge in [-0.25, -0.2) is 22.7 Å². The van der Waals surface area contributed by atoms with Crippen molar-refractivity contribution in [2.45, 2.75) is 98.6 Å². The standard InChI is InChI=1S/C27H35F3N6.C4H10/c1-17(2)21(32-18(3)4)9-8-19(5)24-20(28)15-36-22(24)14-31-25(34-36)33-23-10-13-35(16-27(23,29)30)26(6)11-7-12-26;1-4(2)3/h8-9,14-15,23H,5,7,10-13,16H2,1-4,6H3,(H,33,34);4H,1-3H3/b9-8-;. The third kappa shape index (κ3) is 7.62. The van der Waals surface area contributed by atoms with Crippen LogP contribution in [0, 0.1) is 11.7 Å². The zero-order chi connectivity index (χ0) is 29.8. The molecule has 1 saturated carbocycles. The number of hydrogen-bond donors (Lipinski definition) is 1. The Morgan fingerprint density at radius 2 is 1.82 bits per heavy atom. The lowest BCUT2D eigenvalue weighted by Gasteiger charge is -2.52. The van der Waals surface area contributed by atoms with E-state index in [1.165, 1.54) is 16.9 Å². The van der Waals surface area contributed by atoms with Gasteiger partial charge in [0.2, 0.25) is 5.95 Å². The Bertz CT molecular complexity index is 1290. The van der Waals surface area contributed by atoms with E-state index in [9.17, 15) is 4.39 Å². The molecule has 2 aromatic rings. The fourth-order valence-electron chi connectivity index (χ4n) is 4.88. The number of allylic oxidation sites excluding steroid dienone is 4. The fourth-order valence-corrected chi connectivity index (χ4v) is 4.88. The lowest BCUT2D eigenvalue weighted by molar-refractivity contribution is -0.115. The van der Waals surface area contributed by atoms with Gasteiger partial charge < -0.3 is 5.32 Å². The summed E-state index contributed by atoms with van der Waals surface area (Å²) in [6.07, 6.45) is 9.45. The van der Waals surface area contributed by atoms with Gasteiger partial charge in [0, 0.05) is 23.4 Å². The molecule has 0 amide bonds. The van der Waals surface area contributed by atoms with Crippen molar-refractivity contribution in [1.29, 1.82) is 0 Å². The monoisotopic (exact) mass is 558 g/mol. The van der Waals surface area contributed by atoms with Crippen LogP contribution in [-0.2, 0) is 0 Å². The number of nitrogens with zero attached hydrogens (tertiary/aromatic N) is 5. The van der Waals surface area contributed by atoms with E-state index in [2.05, 4.69) is 54.7 Å². The number of piperidine rings is 1. The van der Waals surface area contributed by atoms with Crippen LogP contribution in [0.4, 0.5) is 19.1 Å². The van der Waals surface area contributed by atoms with Gasteiger partial charge in [-0.2, -0.15) is 0 Å². The van der Waals surface area contributed by atoms with Gasteiger partial charge >= 0.3 is 0 Å². The van der Waals surface area contributed by atoms with Crippen LogP contribution in [0.5, 0.6) is 0 Å². The van der Waals surface area contributed by atoms with Gasteiger partial charge in [0.1, 0.15) is 0 Å². The Balaban J connectivity index is 0.00000103. The Hall–Kier alpha value is -2.94. The molecule has 40 heavy (non-hydrogen) atoms. The molecule has 1 N–H and O–H groups in total. The summed E-state index contributed by atoms with van der Waals surface area (Å²) in [5.74, 6) is -2.57. The second-order valence-corrected chi connectivity index (χ2v) is 12.3. The van der Waals surface area contributed by atoms with Crippen molar-refractivity contribution in [1.82, 2.24) is 19.5 Å². The molecule has 1 aliphatic heterocycles. The third-order valence-corrected chi connectivity index (χ3v) is 7.21. The Labute approximate surface area is 237 Å². The quantitative estimate of drug-likeness (QED) is 0.277. The van der Waals surface area contributed by atoms with Crippen molar-refractivity contribution < 1.29 is 13.2 Å². The molecule has 0 radical (unpaired) electrons. The summed E-state index contributed by atoms with van der Waals surface area (Å²) in [5, 5.41) is 7.07. The van der Waals surface area contributed by atoms with Crippen molar-refractivity contribution in [3.8, 4) is 0 Å². The number of anilines is 1. The predicted octanol–water partition coefficient (Wildman–Crippen LogP) is 7.94. The molecule has 0 aromatic carbocycles. The van der Waals surface area contributed by atoms with Gasteiger partial charge in [0.15, 0.2) is 5.82 Å². The molecular formula is C31H45F3N6. The number of alkyl halides is 2. The second-order valence-electron chi connectivity index (χ2n) is 12.3. The molecule has 0 bridgehead atoms. The van der Waals surface area contributed by atoms with E-state index in [1.54, 1.807) is 12.2 Å². The maximum Gasteiger partial charge on any atom is 0.280 e. The Kier molecular flexibility index (Phi) is 10.0. The SMILES string of the molecule is C=C(/C=C\C(N=C(C)C)=C(C)C)c1c(F)cn2nc(NC3CCN(C4(C)CCC4)CC3(F)F)ncc12.CC(C)C. The summed E-state index contributed by atoms with van der Waals surface area (Å²) in [4.78, 5) is 10.6. The molecular weight excluding hydrogens is 513 g/mol. The highest BCUT2D eigenvalue weighted by Crippen LogP contribution is 2.41. The maximum atomic E-state index is 15.0. The molecule has 1 saturated heterocycles. The van der Waals surface area contributed by atoms with E-state index in [0.717, 1.165) is 42.2 Å². The van der Waals surface area contributed by atoms with Gasteiger partial charge in [0.25, 0.3) is 5.92 Å². The van der Waals surface area contributed by atoms with Crippen molar-refractivity contribution in [3.63, 3.8) is 0 Å². The highest BCUT2D eigenvalue weighted by atomic mass is 19.3. The van der Waals surface area contributed by atoms with Gasteiger partial charge in [-0.3, -0.25) is 9.89 Å². The predicted molar refractivity (Wildman–Crippen MR) is 160 cm³/mol. The second kappa shape index (κ2) is 12.7. The molecule has 0 spiro atoms. The third-order valence-electron chi connectivity index (χ3n) is 7.21. The molecule has 2 aliphatic rings. The summed E-state index contributed by atoms with van der Waals surface area (Å²) in [6.45, 7) is 20.6. The van der Waals surface area contributed by atoms with Crippen LogP contribution in [-0.4, -0.2) is 55.8 Å². The Morgan fingerprint density at radius 3 is 2.35 bits per heavy atom. The van der Waals surface area contributed by atoms with Crippen LogP contribution in [0.2, 0.25) is 0 Å². The number of aliphatic imine (C=N–C) groups is 1. The van der Waals surface area contributed by atoms with Crippen LogP contribution < -0.4 is 5.32 Å². The number of rotatable bonds is 7. The minimum absolute atomic E-state index is 0.0396. The molecule has 4 rings (SSSR count). The van der Waals surface area contributed by atoms with E-state index in [0.29, 0.717) is 17.6 Å². The number of fused-ring (bicyclic) bond motifs is 1. The summed E-state index contributed by atoms with van der Waals surface area (Å²) < 4.78 is 46.2. The average molecular weight is 559 g/mol. The smallest absolute Gasteiger partial charge is 0.280 e. The average Bonchev–Trinajstić information content (AvgIpc) is 3.15. The van der Waals surface area contributed by atoms with Crippen LogP contribution in [0.3, 0.4) is 0 Å². The number of likely N-dealkylation sites (tertiary alicyclic amines) is 1. The molecule has 220 valence electrons. The number of aromatic nitrogens is 3. The summed E-state index contributed by atoms with van der Waals surface area (Å²) in [6, 6.07) is -1.09. The van der Waals surface area contributed by atoms with E-state index >= 15 is 8.78 Å². The minimum atomic E-state index is -2.93. The molecule has 1 atom stereocenters. The minimum Gasteiger partial charge on any atom is -0.344 e. The highest BCUT2D eigenvalue weighted by Gasteiger charge is 2.50. The molecule has 2 fully saturated rings. The molecule has 6 nitrogen and oxygen atoms in total. The van der Waals surface area contributed by atoms with E-state index in [-0.39, 0.29) is 30.0 Å². The van der Waals surface area contributed by atoms with Gasteiger partial charge in [-0.05, 0) is 77.9 Å². The van der Waals surface area contributed by atoms with Gasteiger partial charge in [0.05, 0.1) is 36.2 Å². The van der Waals surface area contributed by atoms with Crippen LogP contribution in [0.25, 0.3) is 11.1 Å². The fraction of sp³-hybridized carbons (Fsp3) is 0.581. The normalized spacial score (nSPS) is 20.1. The number of nitrogens with one attached hydrogen (secondary N) is 1. The molecule has 1 unspecified atom stereocenters. The molecule has 2 aromatic heterocycles. The Morgan fingerprint density at radius 1 is 1.18 bits per heavy atom. The first kappa shape index (κ1) is 31.6. The van der Waals surface area contributed by atoms with Crippen molar-refractivity contribution in [2.75, 3.05) is 18.4 Å². The highest BCUT2D eigenvalue weighted by molar-refractivity contribution is 5.84. The first-order chi connectivity index (χ1) is 18.6. The lowest BCUT2D eigenvalue weighted by Crippen LogP contribution is -2.62. The van der Waals surface area contributed by atoms with Crippen LogP contribution in [0.1, 0.15) is 86.6 Å². The van der Waals surface area contributed by atoms with E-state index in [4.69, 9.17) is 0 Å². The molecule has 3 heterocycles. The van der Waals surface area contributed by atoms with Gasteiger partial charge in [-0.1, -0.05) is 39.0 Å². The first-order valence-corrected chi connectivity index (χ1v) is 14.1. The first-order valence-electron chi connectivity index (χ1n) is 14.1. The van der Waals surface area contributed by atoms with E-state index < -0.39 is 17.8 Å². The molecule has 9 heteroatoms. The molecule has 1 aliphatic carbocycles. The lowest BCUT2D eigenvalue weighted by atomic mass is 9.75.